The number of allylic oxidation sites excluding steroid dienone is 5. The Balaban J connectivity index is 1.12. The van der Waals surface area contributed by atoms with E-state index < -0.39 is 0 Å². The van der Waals surface area contributed by atoms with E-state index in [2.05, 4.69) is 236 Å². The molecule has 4 nitrogen and oxygen atoms in total. The van der Waals surface area contributed by atoms with Gasteiger partial charge < -0.3 is 0 Å². The van der Waals surface area contributed by atoms with Crippen LogP contribution in [0.25, 0.3) is 99.4 Å². The smallest absolute Gasteiger partial charge is 0.0939 e. The summed E-state index contributed by atoms with van der Waals surface area (Å²) in [5.41, 5.74) is 26.9. The first-order valence-electron chi connectivity index (χ1n) is 25.8. The average molecular weight is 955 g/mol. The number of fused-ring (bicyclic) bond motifs is 11. The highest BCUT2D eigenvalue weighted by Crippen LogP contribution is 2.66. The molecule has 3 aliphatic carbocycles. The van der Waals surface area contributed by atoms with E-state index >= 15 is 0 Å². The van der Waals surface area contributed by atoms with Gasteiger partial charge in [0.05, 0.1) is 11.4 Å². The molecule has 1 unspecified atom stereocenters. The van der Waals surface area contributed by atoms with Gasteiger partial charge in [0.25, 0.3) is 0 Å². The molecule has 0 amide bonds. The Kier molecular flexibility index (Phi) is 9.73. The minimum Gasteiger partial charge on any atom is -0.159 e. The summed E-state index contributed by atoms with van der Waals surface area (Å²) in [5, 5.41) is 26.1. The molecule has 75 heavy (non-hydrogen) atoms. The van der Waals surface area contributed by atoms with Gasteiger partial charge >= 0.3 is 0 Å². The maximum atomic E-state index is 4.86. The van der Waals surface area contributed by atoms with Crippen LogP contribution in [0.5, 0.6) is 0 Å². The normalized spacial score (nSPS) is 14.5. The van der Waals surface area contributed by atoms with Crippen molar-refractivity contribution in [1.82, 2.24) is 20.4 Å². The number of rotatable bonds is 7. The summed E-state index contributed by atoms with van der Waals surface area (Å²) < 4.78 is 0. The second-order valence-corrected chi connectivity index (χ2v) is 20.1. The van der Waals surface area contributed by atoms with Gasteiger partial charge in [-0.2, -0.15) is 20.4 Å². The minimum atomic E-state index is -0.101. The molecule has 15 rings (SSSR count). The van der Waals surface area contributed by atoms with E-state index in [1.165, 1.54) is 121 Å². The van der Waals surface area contributed by atoms with Crippen LogP contribution in [0.1, 0.15) is 56.0 Å². The summed E-state index contributed by atoms with van der Waals surface area (Å²) >= 11 is 0. The molecule has 2 aromatic heterocycles. The van der Waals surface area contributed by atoms with Crippen LogP contribution in [0.3, 0.4) is 0 Å². The van der Waals surface area contributed by atoms with Crippen molar-refractivity contribution in [3.8, 4) is 44.8 Å². The number of hydrogen-bond acceptors (Lipinski definition) is 4. The lowest BCUT2D eigenvalue weighted by molar-refractivity contribution is 1.02. The lowest BCUT2D eigenvalue weighted by Gasteiger charge is -2.25. The predicted molar refractivity (Wildman–Crippen MR) is 309 cm³/mol. The topological polar surface area (TPSA) is 51.6 Å². The van der Waals surface area contributed by atoms with Gasteiger partial charge in [0.15, 0.2) is 0 Å². The molecule has 0 fully saturated rings. The van der Waals surface area contributed by atoms with Crippen LogP contribution >= 0.6 is 0 Å². The lowest BCUT2D eigenvalue weighted by Crippen LogP contribution is -2.07. The summed E-state index contributed by atoms with van der Waals surface area (Å²) in [6, 6.07) is 82.7. The number of aromatic nitrogens is 4. The van der Waals surface area contributed by atoms with Crippen molar-refractivity contribution in [1.29, 1.82) is 0 Å². The first-order chi connectivity index (χ1) is 37.1. The fraction of sp³-hybridized carbons (Fsp3) is 0.0423. The molecule has 0 aliphatic heterocycles. The number of hydrogen-bond donors (Lipinski definition) is 0. The van der Waals surface area contributed by atoms with Crippen molar-refractivity contribution >= 4 is 54.6 Å². The lowest BCUT2D eigenvalue weighted by atomic mass is 9.77. The molecule has 4 heteroatoms. The molecule has 2 heterocycles. The minimum absolute atomic E-state index is 0.101. The zero-order valence-corrected chi connectivity index (χ0v) is 41.4. The standard InChI is InChI=1S/C71H46N4/c1-42-61(59-28-16-38-72-74-59)62(60-29-17-39-73-75-60)43(2)64-63(42)65(46-21-8-4-9-22-46)71-66(47-23-10-5-11-24-47)70(68-56-27-15-14-26-53(56)58-41-48(31-37-57(58)68)44-18-6-3-7-19-44)67(69(64)71)50-33-34-52-49(40-50)32-36-54-51-25-13-12-20-45(51)30-35-55(52)54/h3-41,68H,1-2H3. The number of nitrogens with zero attached hydrogens (tertiary/aromatic N) is 4. The second-order valence-electron chi connectivity index (χ2n) is 20.1. The van der Waals surface area contributed by atoms with E-state index in [1.54, 1.807) is 12.4 Å². The first kappa shape index (κ1) is 43.0. The highest BCUT2D eigenvalue weighted by atomic mass is 15.1. The average Bonchev–Trinajstić information content (AvgIpc) is 4.33. The van der Waals surface area contributed by atoms with Crippen molar-refractivity contribution in [2.24, 2.45) is 0 Å². The summed E-state index contributed by atoms with van der Waals surface area (Å²) in [4.78, 5) is 0. The van der Waals surface area contributed by atoms with Gasteiger partial charge in [-0.3, -0.25) is 0 Å². The molecular formula is C71H46N4. The van der Waals surface area contributed by atoms with Crippen LogP contribution in [0.2, 0.25) is 0 Å². The van der Waals surface area contributed by atoms with Crippen LogP contribution in [-0.2, 0) is 0 Å². The highest BCUT2D eigenvalue weighted by molar-refractivity contribution is 6.31. The number of benzene rings is 10. The Hall–Kier alpha value is -9.64. The Bertz CT molecular complexity index is 4440. The zero-order chi connectivity index (χ0) is 49.7. The van der Waals surface area contributed by atoms with Gasteiger partial charge in [-0.1, -0.05) is 188 Å². The van der Waals surface area contributed by atoms with E-state index in [-0.39, 0.29) is 5.92 Å². The molecule has 350 valence electrons. The van der Waals surface area contributed by atoms with Crippen molar-refractivity contribution < 1.29 is 0 Å². The SMILES string of the molecule is Cc1c2c(c(C)c(-c3cccnn3)c1-c1cccnn1)C(c1ccccc1)=C1C(c3ccccc3)=C(C3c4ccccc4-c4cc(-c5ccccc5)ccc43)C(c3ccc4c(ccc5c6ccccc6ccc45)c3)=C12. The van der Waals surface area contributed by atoms with E-state index in [4.69, 9.17) is 10.2 Å². The van der Waals surface area contributed by atoms with E-state index in [9.17, 15) is 0 Å². The highest BCUT2D eigenvalue weighted by Gasteiger charge is 2.46. The van der Waals surface area contributed by atoms with Gasteiger partial charge in [0, 0.05) is 29.4 Å². The Morgan fingerprint density at radius 1 is 0.307 bits per heavy atom. The third kappa shape index (κ3) is 6.49. The predicted octanol–water partition coefficient (Wildman–Crippen LogP) is 17.4. The molecule has 12 aromatic rings. The quantitative estimate of drug-likeness (QED) is 0.149. The molecule has 0 spiro atoms. The van der Waals surface area contributed by atoms with E-state index in [0.29, 0.717) is 0 Å². The molecule has 10 aromatic carbocycles. The van der Waals surface area contributed by atoms with Gasteiger partial charge in [0.2, 0.25) is 0 Å². The second kappa shape index (κ2) is 17.0. The van der Waals surface area contributed by atoms with E-state index in [0.717, 1.165) is 39.2 Å². The van der Waals surface area contributed by atoms with Crippen LogP contribution < -0.4 is 0 Å². The Morgan fingerprint density at radius 3 is 1.51 bits per heavy atom. The van der Waals surface area contributed by atoms with Gasteiger partial charge in [-0.15, -0.1) is 0 Å². The third-order valence-electron chi connectivity index (χ3n) is 16.2. The zero-order valence-electron chi connectivity index (χ0n) is 41.4. The molecule has 0 saturated carbocycles. The third-order valence-corrected chi connectivity index (χ3v) is 16.2. The van der Waals surface area contributed by atoms with Crippen LogP contribution in [-0.4, -0.2) is 20.4 Å². The largest absolute Gasteiger partial charge is 0.159 e. The van der Waals surface area contributed by atoms with Crippen molar-refractivity contribution in [3.05, 3.63) is 298 Å². The molecule has 1 atom stereocenters. The Morgan fingerprint density at radius 2 is 0.840 bits per heavy atom. The Labute approximate surface area is 435 Å². The van der Waals surface area contributed by atoms with Gasteiger partial charge in [-0.05, 0) is 188 Å². The molecule has 3 aliphatic rings. The molecular weight excluding hydrogens is 909 g/mol. The summed E-state index contributed by atoms with van der Waals surface area (Å²) in [6.45, 7) is 4.57. The van der Waals surface area contributed by atoms with E-state index in [1.807, 2.05) is 12.1 Å². The fourth-order valence-corrected chi connectivity index (χ4v) is 13.1. The molecule has 0 N–H and O–H groups in total. The summed E-state index contributed by atoms with van der Waals surface area (Å²) in [5.74, 6) is -0.101. The molecule has 0 bridgehead atoms. The van der Waals surface area contributed by atoms with Gasteiger partial charge in [0.1, 0.15) is 0 Å². The molecule has 0 saturated heterocycles. The first-order valence-corrected chi connectivity index (χ1v) is 25.8. The fourth-order valence-electron chi connectivity index (χ4n) is 13.1. The maximum absolute atomic E-state index is 4.86. The van der Waals surface area contributed by atoms with Crippen LogP contribution in [0, 0.1) is 13.8 Å². The summed E-state index contributed by atoms with van der Waals surface area (Å²) in [6.07, 6.45) is 3.49. The maximum Gasteiger partial charge on any atom is 0.0939 e. The van der Waals surface area contributed by atoms with Crippen LogP contribution in [0.15, 0.2) is 248 Å². The van der Waals surface area contributed by atoms with Crippen molar-refractivity contribution in [2.75, 3.05) is 0 Å². The van der Waals surface area contributed by atoms with Crippen molar-refractivity contribution in [3.63, 3.8) is 0 Å². The molecule has 0 radical (unpaired) electrons. The monoisotopic (exact) mass is 954 g/mol. The van der Waals surface area contributed by atoms with Crippen molar-refractivity contribution in [2.45, 2.75) is 19.8 Å². The van der Waals surface area contributed by atoms with Crippen LogP contribution in [0.4, 0.5) is 0 Å². The summed E-state index contributed by atoms with van der Waals surface area (Å²) in [7, 11) is 0. The van der Waals surface area contributed by atoms with Gasteiger partial charge in [-0.25, -0.2) is 0 Å².